The van der Waals surface area contributed by atoms with E-state index >= 15 is 0 Å². The zero-order valence-electron chi connectivity index (χ0n) is 10.2. The van der Waals surface area contributed by atoms with Gasteiger partial charge in [0.15, 0.2) is 0 Å². The third kappa shape index (κ3) is 4.98. The third-order valence-corrected chi connectivity index (χ3v) is 2.53. The van der Waals surface area contributed by atoms with Crippen molar-refractivity contribution in [3.63, 3.8) is 0 Å². The Kier molecular flexibility index (Phi) is 5.41. The highest BCUT2D eigenvalue weighted by molar-refractivity contribution is 5.15. The van der Waals surface area contributed by atoms with Crippen LogP contribution < -0.4 is 5.32 Å². The summed E-state index contributed by atoms with van der Waals surface area (Å²) in [7, 11) is 0. The van der Waals surface area contributed by atoms with E-state index in [0.29, 0.717) is 12.1 Å². The van der Waals surface area contributed by atoms with Crippen LogP contribution in [-0.4, -0.2) is 12.1 Å². The van der Waals surface area contributed by atoms with Gasteiger partial charge in [-0.05, 0) is 18.4 Å². The summed E-state index contributed by atoms with van der Waals surface area (Å²) < 4.78 is 0. The monoisotopic (exact) mass is 205 g/mol. The van der Waals surface area contributed by atoms with Crippen molar-refractivity contribution >= 4 is 0 Å². The summed E-state index contributed by atoms with van der Waals surface area (Å²) in [5.74, 6) is 0. The fourth-order valence-corrected chi connectivity index (χ4v) is 1.96. The second-order valence-electron chi connectivity index (χ2n) is 4.50. The van der Waals surface area contributed by atoms with Gasteiger partial charge in [-0.3, -0.25) is 0 Å². The fourth-order valence-electron chi connectivity index (χ4n) is 1.96. The fraction of sp³-hybridized carbons (Fsp3) is 0.571. The number of rotatable bonds is 6. The van der Waals surface area contributed by atoms with Crippen LogP contribution in [0.5, 0.6) is 0 Å². The largest absolute Gasteiger partial charge is 0.311 e. The first-order chi connectivity index (χ1) is 7.22. The smallest absolute Gasteiger partial charge is 0.0110 e. The molecule has 0 spiro atoms. The van der Waals surface area contributed by atoms with Crippen LogP contribution in [-0.2, 0) is 6.42 Å². The Morgan fingerprint density at radius 3 is 2.33 bits per heavy atom. The molecule has 0 aliphatic carbocycles. The SMILES string of the molecule is CCCC(Cc1ccccc1)NC(C)C. The molecular weight excluding hydrogens is 182 g/mol. The van der Waals surface area contributed by atoms with Gasteiger partial charge >= 0.3 is 0 Å². The van der Waals surface area contributed by atoms with Crippen molar-refractivity contribution in [1.29, 1.82) is 0 Å². The topological polar surface area (TPSA) is 12.0 Å². The summed E-state index contributed by atoms with van der Waals surface area (Å²) in [6.07, 6.45) is 3.65. The Bertz CT molecular complexity index is 253. The van der Waals surface area contributed by atoms with Crippen molar-refractivity contribution in [1.82, 2.24) is 5.32 Å². The van der Waals surface area contributed by atoms with Gasteiger partial charge in [-0.15, -0.1) is 0 Å². The van der Waals surface area contributed by atoms with E-state index in [2.05, 4.69) is 56.4 Å². The van der Waals surface area contributed by atoms with E-state index < -0.39 is 0 Å². The lowest BCUT2D eigenvalue weighted by atomic mass is 10.0. The molecular formula is C14H23N. The Balaban J connectivity index is 2.50. The maximum Gasteiger partial charge on any atom is 0.0110 e. The first kappa shape index (κ1) is 12.3. The normalized spacial score (nSPS) is 13.1. The van der Waals surface area contributed by atoms with Gasteiger partial charge in [-0.2, -0.15) is 0 Å². The molecule has 84 valence electrons. The highest BCUT2D eigenvalue weighted by atomic mass is 14.9. The van der Waals surface area contributed by atoms with Crippen LogP contribution >= 0.6 is 0 Å². The second-order valence-corrected chi connectivity index (χ2v) is 4.50. The first-order valence-electron chi connectivity index (χ1n) is 6.02. The molecule has 0 aliphatic heterocycles. The highest BCUT2D eigenvalue weighted by Gasteiger charge is 2.09. The zero-order valence-corrected chi connectivity index (χ0v) is 10.2. The van der Waals surface area contributed by atoms with Crippen molar-refractivity contribution in [2.24, 2.45) is 0 Å². The second kappa shape index (κ2) is 6.62. The number of benzene rings is 1. The van der Waals surface area contributed by atoms with Crippen molar-refractivity contribution < 1.29 is 0 Å². The number of hydrogen-bond acceptors (Lipinski definition) is 1. The molecule has 0 bridgehead atoms. The number of nitrogens with one attached hydrogen (secondary N) is 1. The van der Waals surface area contributed by atoms with Gasteiger partial charge < -0.3 is 5.32 Å². The van der Waals surface area contributed by atoms with E-state index in [4.69, 9.17) is 0 Å². The average molecular weight is 205 g/mol. The van der Waals surface area contributed by atoms with Crippen LogP contribution in [0.2, 0.25) is 0 Å². The molecule has 0 radical (unpaired) electrons. The molecule has 0 aliphatic rings. The Morgan fingerprint density at radius 1 is 1.13 bits per heavy atom. The van der Waals surface area contributed by atoms with Crippen molar-refractivity contribution in [2.75, 3.05) is 0 Å². The molecule has 1 nitrogen and oxygen atoms in total. The number of hydrogen-bond donors (Lipinski definition) is 1. The maximum atomic E-state index is 3.63. The summed E-state index contributed by atoms with van der Waals surface area (Å²) >= 11 is 0. The van der Waals surface area contributed by atoms with Crippen LogP contribution in [0.25, 0.3) is 0 Å². The van der Waals surface area contributed by atoms with E-state index in [1.165, 1.54) is 18.4 Å². The molecule has 0 saturated heterocycles. The first-order valence-corrected chi connectivity index (χ1v) is 6.02. The van der Waals surface area contributed by atoms with Gasteiger partial charge in [-0.1, -0.05) is 57.5 Å². The lowest BCUT2D eigenvalue weighted by molar-refractivity contribution is 0.432. The predicted octanol–water partition coefficient (Wildman–Crippen LogP) is 3.40. The summed E-state index contributed by atoms with van der Waals surface area (Å²) in [6, 6.07) is 11.9. The van der Waals surface area contributed by atoms with Gasteiger partial charge in [0, 0.05) is 12.1 Å². The minimum atomic E-state index is 0.574. The van der Waals surface area contributed by atoms with Crippen molar-refractivity contribution in [3.05, 3.63) is 35.9 Å². The van der Waals surface area contributed by atoms with Gasteiger partial charge in [0.1, 0.15) is 0 Å². The Labute approximate surface area is 93.9 Å². The van der Waals surface area contributed by atoms with Gasteiger partial charge in [0.2, 0.25) is 0 Å². The molecule has 0 heterocycles. The van der Waals surface area contributed by atoms with Crippen molar-refractivity contribution in [3.8, 4) is 0 Å². The third-order valence-electron chi connectivity index (χ3n) is 2.53. The van der Waals surface area contributed by atoms with Crippen LogP contribution in [0.1, 0.15) is 39.2 Å². The van der Waals surface area contributed by atoms with Crippen LogP contribution in [0.3, 0.4) is 0 Å². The molecule has 1 rings (SSSR count). The lowest BCUT2D eigenvalue weighted by Gasteiger charge is -2.20. The minimum Gasteiger partial charge on any atom is -0.311 e. The molecule has 0 fully saturated rings. The summed E-state index contributed by atoms with van der Waals surface area (Å²) in [4.78, 5) is 0. The average Bonchev–Trinajstić information content (AvgIpc) is 2.18. The molecule has 0 aromatic heterocycles. The lowest BCUT2D eigenvalue weighted by Crippen LogP contribution is -2.36. The predicted molar refractivity (Wildman–Crippen MR) is 67.1 cm³/mol. The van der Waals surface area contributed by atoms with Gasteiger partial charge in [0.05, 0.1) is 0 Å². The molecule has 1 unspecified atom stereocenters. The maximum absolute atomic E-state index is 3.63. The van der Waals surface area contributed by atoms with E-state index in [0.717, 1.165) is 6.42 Å². The van der Waals surface area contributed by atoms with Crippen molar-refractivity contribution in [2.45, 2.75) is 52.1 Å². The van der Waals surface area contributed by atoms with Crippen LogP contribution in [0, 0.1) is 0 Å². The molecule has 1 N–H and O–H groups in total. The van der Waals surface area contributed by atoms with Crippen LogP contribution in [0.15, 0.2) is 30.3 Å². The molecule has 0 amide bonds. The summed E-state index contributed by atoms with van der Waals surface area (Å²) in [5.41, 5.74) is 1.43. The molecule has 0 saturated carbocycles. The molecule has 15 heavy (non-hydrogen) atoms. The molecule has 1 aromatic carbocycles. The molecule has 1 atom stereocenters. The zero-order chi connectivity index (χ0) is 11.1. The summed E-state index contributed by atoms with van der Waals surface area (Å²) in [6.45, 7) is 6.68. The highest BCUT2D eigenvalue weighted by Crippen LogP contribution is 2.08. The van der Waals surface area contributed by atoms with E-state index in [1.807, 2.05) is 0 Å². The standard InChI is InChI=1S/C14H23N/c1-4-8-14(15-12(2)3)11-13-9-6-5-7-10-13/h5-7,9-10,12,14-15H,4,8,11H2,1-3H3. The molecule has 1 aromatic rings. The molecule has 1 heteroatoms. The van der Waals surface area contributed by atoms with Crippen LogP contribution in [0.4, 0.5) is 0 Å². The minimum absolute atomic E-state index is 0.574. The van der Waals surface area contributed by atoms with Gasteiger partial charge in [0.25, 0.3) is 0 Å². The van der Waals surface area contributed by atoms with E-state index in [9.17, 15) is 0 Å². The van der Waals surface area contributed by atoms with E-state index in [1.54, 1.807) is 0 Å². The van der Waals surface area contributed by atoms with Gasteiger partial charge in [-0.25, -0.2) is 0 Å². The Hall–Kier alpha value is -0.820. The van der Waals surface area contributed by atoms with E-state index in [-0.39, 0.29) is 0 Å². The Morgan fingerprint density at radius 2 is 1.80 bits per heavy atom. The summed E-state index contributed by atoms with van der Waals surface area (Å²) in [5, 5.41) is 3.63. The quantitative estimate of drug-likeness (QED) is 0.750.